The molecular weight excluding hydrogens is 222 g/mol. The first-order chi connectivity index (χ1) is 7.94. The summed E-state index contributed by atoms with van der Waals surface area (Å²) in [6, 6.07) is -0.546. The van der Waals surface area contributed by atoms with E-state index in [4.69, 9.17) is 6.42 Å². The molecule has 17 heavy (non-hydrogen) atoms. The lowest BCUT2D eigenvalue weighted by atomic mass is 9.99. The molecule has 6 heteroatoms. The fourth-order valence-corrected chi connectivity index (χ4v) is 1.48. The van der Waals surface area contributed by atoms with Crippen LogP contribution in [0, 0.1) is 12.3 Å². The summed E-state index contributed by atoms with van der Waals surface area (Å²) < 4.78 is 0. The lowest BCUT2D eigenvalue weighted by molar-refractivity contribution is -0.134. The van der Waals surface area contributed by atoms with E-state index in [9.17, 15) is 14.4 Å². The Labute approximate surface area is 99.7 Å². The Balaban J connectivity index is 2.67. The predicted octanol–water partition coefficient (Wildman–Crippen LogP) is -0.544. The number of imide groups is 1. The SMILES string of the molecule is C#CCNC(=O)CN1C(=O)N[C@@](C)(CC)C1=O. The molecule has 1 aliphatic rings. The summed E-state index contributed by atoms with van der Waals surface area (Å²) >= 11 is 0. The molecule has 0 aromatic carbocycles. The van der Waals surface area contributed by atoms with Crippen molar-refractivity contribution >= 4 is 17.8 Å². The third-order valence-electron chi connectivity index (χ3n) is 2.74. The highest BCUT2D eigenvalue weighted by atomic mass is 16.2. The van der Waals surface area contributed by atoms with Crippen molar-refractivity contribution in [3.8, 4) is 12.3 Å². The molecule has 92 valence electrons. The van der Waals surface area contributed by atoms with E-state index in [1.807, 2.05) is 0 Å². The van der Waals surface area contributed by atoms with E-state index in [0.717, 1.165) is 4.90 Å². The number of nitrogens with zero attached hydrogens (tertiary/aromatic N) is 1. The number of hydrogen-bond acceptors (Lipinski definition) is 3. The van der Waals surface area contributed by atoms with Gasteiger partial charge in [0.1, 0.15) is 12.1 Å². The highest BCUT2D eigenvalue weighted by molar-refractivity contribution is 6.08. The summed E-state index contributed by atoms with van der Waals surface area (Å²) in [5, 5.41) is 4.96. The van der Waals surface area contributed by atoms with Crippen LogP contribution in [0.3, 0.4) is 0 Å². The van der Waals surface area contributed by atoms with E-state index >= 15 is 0 Å². The number of urea groups is 1. The van der Waals surface area contributed by atoms with Crippen LogP contribution in [0.15, 0.2) is 0 Å². The summed E-state index contributed by atoms with van der Waals surface area (Å²) in [6.45, 7) is 3.20. The molecule has 1 aliphatic heterocycles. The number of carbonyl (C=O) groups excluding carboxylic acids is 3. The summed E-state index contributed by atoms with van der Waals surface area (Å²) in [4.78, 5) is 35.7. The van der Waals surface area contributed by atoms with E-state index in [0.29, 0.717) is 6.42 Å². The number of nitrogens with one attached hydrogen (secondary N) is 2. The smallest absolute Gasteiger partial charge is 0.325 e. The van der Waals surface area contributed by atoms with Gasteiger partial charge in [-0.1, -0.05) is 12.8 Å². The van der Waals surface area contributed by atoms with Gasteiger partial charge in [-0.2, -0.15) is 0 Å². The Hall–Kier alpha value is -2.03. The second kappa shape index (κ2) is 4.87. The van der Waals surface area contributed by atoms with Crippen LogP contribution in [0.4, 0.5) is 4.79 Å². The number of terminal acetylenes is 1. The first-order valence-corrected chi connectivity index (χ1v) is 5.29. The molecule has 4 amide bonds. The molecule has 1 rings (SSSR count). The van der Waals surface area contributed by atoms with Crippen LogP contribution in [0.25, 0.3) is 0 Å². The molecule has 0 aliphatic carbocycles. The predicted molar refractivity (Wildman–Crippen MR) is 60.8 cm³/mol. The van der Waals surface area contributed by atoms with Gasteiger partial charge in [0.15, 0.2) is 0 Å². The third-order valence-corrected chi connectivity index (χ3v) is 2.74. The summed E-state index contributed by atoms with van der Waals surface area (Å²) in [6.07, 6.45) is 5.45. The average Bonchev–Trinajstić information content (AvgIpc) is 2.51. The van der Waals surface area contributed by atoms with E-state index in [1.54, 1.807) is 13.8 Å². The Morgan fingerprint density at radius 2 is 2.24 bits per heavy atom. The van der Waals surface area contributed by atoms with E-state index in [-0.39, 0.29) is 19.0 Å². The molecule has 1 saturated heterocycles. The molecule has 1 atom stereocenters. The Bertz CT molecular complexity index is 399. The highest BCUT2D eigenvalue weighted by Crippen LogP contribution is 2.20. The second-order valence-corrected chi connectivity index (χ2v) is 3.99. The Morgan fingerprint density at radius 3 is 2.71 bits per heavy atom. The standard InChI is InChI=1S/C11H15N3O3/c1-4-6-12-8(15)7-14-9(16)11(3,5-2)13-10(14)17/h1H,5-7H2,2-3H3,(H,12,15)(H,13,17)/t11-/m0/s1. The summed E-state index contributed by atoms with van der Waals surface area (Å²) in [5.41, 5.74) is -0.913. The minimum absolute atomic E-state index is 0.0769. The van der Waals surface area contributed by atoms with Crippen LogP contribution >= 0.6 is 0 Å². The van der Waals surface area contributed by atoms with Crippen molar-refractivity contribution in [2.24, 2.45) is 0 Å². The normalized spacial score (nSPS) is 23.2. The number of rotatable bonds is 4. The van der Waals surface area contributed by atoms with Crippen LogP contribution in [0.2, 0.25) is 0 Å². The maximum Gasteiger partial charge on any atom is 0.325 e. The highest BCUT2D eigenvalue weighted by Gasteiger charge is 2.46. The largest absolute Gasteiger partial charge is 0.344 e. The fraction of sp³-hybridized carbons (Fsp3) is 0.545. The average molecular weight is 237 g/mol. The van der Waals surface area contributed by atoms with Gasteiger partial charge in [0, 0.05) is 0 Å². The molecule has 0 aromatic heterocycles. The van der Waals surface area contributed by atoms with Gasteiger partial charge in [-0.3, -0.25) is 14.5 Å². The van der Waals surface area contributed by atoms with Crippen LogP contribution < -0.4 is 10.6 Å². The first kappa shape index (κ1) is 13.0. The topological polar surface area (TPSA) is 78.5 Å². The van der Waals surface area contributed by atoms with Crippen molar-refractivity contribution < 1.29 is 14.4 Å². The quantitative estimate of drug-likeness (QED) is 0.509. The first-order valence-electron chi connectivity index (χ1n) is 5.29. The molecule has 0 radical (unpaired) electrons. The lowest BCUT2D eigenvalue weighted by Gasteiger charge is -2.18. The van der Waals surface area contributed by atoms with Crippen molar-refractivity contribution in [3.63, 3.8) is 0 Å². The van der Waals surface area contributed by atoms with Crippen LogP contribution in [0.1, 0.15) is 20.3 Å². The molecule has 0 bridgehead atoms. The van der Waals surface area contributed by atoms with Crippen LogP contribution in [-0.4, -0.2) is 41.4 Å². The van der Waals surface area contributed by atoms with E-state index in [1.165, 1.54) is 0 Å². The number of hydrogen-bond donors (Lipinski definition) is 2. The zero-order chi connectivity index (χ0) is 13.1. The molecule has 0 spiro atoms. The maximum atomic E-state index is 11.9. The molecule has 1 heterocycles. The minimum atomic E-state index is -0.913. The molecule has 6 nitrogen and oxygen atoms in total. The van der Waals surface area contributed by atoms with Crippen molar-refractivity contribution in [1.29, 1.82) is 0 Å². The van der Waals surface area contributed by atoms with Crippen molar-refractivity contribution in [2.45, 2.75) is 25.8 Å². The van der Waals surface area contributed by atoms with E-state index < -0.39 is 17.5 Å². The molecule has 0 saturated carbocycles. The van der Waals surface area contributed by atoms with Gasteiger partial charge in [0.05, 0.1) is 6.54 Å². The zero-order valence-electron chi connectivity index (χ0n) is 9.87. The van der Waals surface area contributed by atoms with Gasteiger partial charge >= 0.3 is 6.03 Å². The number of amides is 4. The van der Waals surface area contributed by atoms with Crippen molar-refractivity contribution in [2.75, 3.05) is 13.1 Å². The monoisotopic (exact) mass is 237 g/mol. The van der Waals surface area contributed by atoms with E-state index in [2.05, 4.69) is 16.6 Å². The number of carbonyl (C=O) groups is 3. The van der Waals surface area contributed by atoms with Gasteiger partial charge < -0.3 is 10.6 Å². The van der Waals surface area contributed by atoms with Gasteiger partial charge in [-0.25, -0.2) is 4.79 Å². The maximum absolute atomic E-state index is 11.9. The summed E-state index contributed by atoms with van der Waals surface area (Å²) in [7, 11) is 0. The molecule has 0 unspecified atom stereocenters. The van der Waals surface area contributed by atoms with Gasteiger partial charge in [0.2, 0.25) is 5.91 Å². The van der Waals surface area contributed by atoms with Gasteiger partial charge in [-0.05, 0) is 13.3 Å². The van der Waals surface area contributed by atoms with Gasteiger partial charge in [-0.15, -0.1) is 6.42 Å². The second-order valence-electron chi connectivity index (χ2n) is 3.99. The van der Waals surface area contributed by atoms with Crippen LogP contribution in [-0.2, 0) is 9.59 Å². The zero-order valence-corrected chi connectivity index (χ0v) is 9.87. The third kappa shape index (κ3) is 2.56. The minimum Gasteiger partial charge on any atom is -0.344 e. The molecular formula is C11H15N3O3. The lowest BCUT2D eigenvalue weighted by Crippen LogP contribution is -2.44. The van der Waals surface area contributed by atoms with Crippen molar-refractivity contribution in [3.05, 3.63) is 0 Å². The molecule has 2 N–H and O–H groups in total. The Kier molecular flexibility index (Phi) is 3.73. The summed E-state index contributed by atoms with van der Waals surface area (Å²) in [5.74, 6) is 1.40. The van der Waals surface area contributed by atoms with Crippen molar-refractivity contribution in [1.82, 2.24) is 15.5 Å². The Morgan fingerprint density at radius 1 is 1.59 bits per heavy atom. The fourth-order valence-electron chi connectivity index (χ4n) is 1.48. The molecule has 1 fully saturated rings. The van der Waals surface area contributed by atoms with Gasteiger partial charge in [0.25, 0.3) is 5.91 Å². The van der Waals surface area contributed by atoms with Crippen LogP contribution in [0.5, 0.6) is 0 Å². The molecule has 0 aromatic rings.